The second-order valence-corrected chi connectivity index (χ2v) is 8.23. The average Bonchev–Trinajstić information content (AvgIpc) is 2.66. The lowest BCUT2D eigenvalue weighted by atomic mass is 9.64. The summed E-state index contributed by atoms with van der Waals surface area (Å²) in [5, 5.41) is 6.06. The van der Waals surface area contributed by atoms with Crippen molar-refractivity contribution in [2.24, 2.45) is 5.92 Å². The number of amides is 2. The standard InChI is InChI=1S/C24H30N2O2/c1-17(2)21(26-22(27)20-13-8-7-10-18(20)3)23(28)25-16-24(14-9-15-24)19-11-5-4-6-12-19/h4-8,10-13,17,21H,9,14-16H2,1-3H3,(H,25,28)(H,26,27)/t21-/m1/s1. The van der Waals surface area contributed by atoms with Crippen molar-refractivity contribution in [2.45, 2.75) is 51.5 Å². The molecule has 1 aliphatic rings. The van der Waals surface area contributed by atoms with E-state index in [4.69, 9.17) is 0 Å². The normalized spacial score (nSPS) is 16.1. The van der Waals surface area contributed by atoms with Gasteiger partial charge in [-0.1, -0.05) is 68.8 Å². The Balaban J connectivity index is 1.67. The van der Waals surface area contributed by atoms with Crippen LogP contribution in [0.25, 0.3) is 0 Å². The van der Waals surface area contributed by atoms with E-state index in [0.29, 0.717) is 12.1 Å². The van der Waals surface area contributed by atoms with Gasteiger partial charge in [0.05, 0.1) is 0 Å². The highest BCUT2D eigenvalue weighted by Crippen LogP contribution is 2.43. The number of carbonyl (C=O) groups is 2. The lowest BCUT2D eigenvalue weighted by Gasteiger charge is -2.43. The van der Waals surface area contributed by atoms with Crippen LogP contribution < -0.4 is 10.6 Å². The number of carbonyl (C=O) groups excluding carboxylic acids is 2. The molecule has 2 aromatic carbocycles. The summed E-state index contributed by atoms with van der Waals surface area (Å²) < 4.78 is 0. The van der Waals surface area contributed by atoms with Gasteiger partial charge in [-0.05, 0) is 42.9 Å². The number of aryl methyl sites for hydroxylation is 1. The molecule has 1 aliphatic carbocycles. The van der Waals surface area contributed by atoms with Crippen molar-refractivity contribution in [2.75, 3.05) is 6.54 Å². The van der Waals surface area contributed by atoms with Gasteiger partial charge in [0.2, 0.25) is 5.91 Å². The SMILES string of the molecule is Cc1ccccc1C(=O)N[C@@H](C(=O)NCC1(c2ccccc2)CCC1)C(C)C. The van der Waals surface area contributed by atoms with Crippen LogP contribution >= 0.6 is 0 Å². The molecular weight excluding hydrogens is 348 g/mol. The van der Waals surface area contributed by atoms with Crippen molar-refractivity contribution in [3.8, 4) is 0 Å². The first-order chi connectivity index (χ1) is 13.4. The minimum atomic E-state index is -0.556. The van der Waals surface area contributed by atoms with E-state index in [1.807, 2.05) is 45.0 Å². The predicted molar refractivity (Wildman–Crippen MR) is 112 cm³/mol. The lowest BCUT2D eigenvalue weighted by molar-refractivity contribution is -0.124. The summed E-state index contributed by atoms with van der Waals surface area (Å²) in [6.07, 6.45) is 3.35. The monoisotopic (exact) mass is 378 g/mol. The first-order valence-corrected chi connectivity index (χ1v) is 10.1. The summed E-state index contributed by atoms with van der Waals surface area (Å²) >= 11 is 0. The maximum absolute atomic E-state index is 12.9. The third-order valence-electron chi connectivity index (χ3n) is 5.92. The summed E-state index contributed by atoms with van der Waals surface area (Å²) in [5.74, 6) is -0.311. The van der Waals surface area contributed by atoms with Gasteiger partial charge in [-0.25, -0.2) is 0 Å². The molecule has 2 amide bonds. The van der Waals surface area contributed by atoms with E-state index in [1.165, 1.54) is 12.0 Å². The van der Waals surface area contributed by atoms with Gasteiger partial charge in [0.25, 0.3) is 5.91 Å². The van der Waals surface area contributed by atoms with Crippen LogP contribution in [0.2, 0.25) is 0 Å². The fraction of sp³-hybridized carbons (Fsp3) is 0.417. The van der Waals surface area contributed by atoms with Crippen molar-refractivity contribution in [1.82, 2.24) is 10.6 Å². The molecule has 28 heavy (non-hydrogen) atoms. The maximum atomic E-state index is 12.9. The average molecular weight is 379 g/mol. The largest absolute Gasteiger partial charge is 0.353 e. The second-order valence-electron chi connectivity index (χ2n) is 8.23. The maximum Gasteiger partial charge on any atom is 0.252 e. The van der Waals surface area contributed by atoms with Gasteiger partial charge in [-0.2, -0.15) is 0 Å². The molecule has 1 saturated carbocycles. The fourth-order valence-electron chi connectivity index (χ4n) is 3.91. The molecule has 2 N–H and O–H groups in total. The zero-order valence-electron chi connectivity index (χ0n) is 17.0. The molecule has 0 aromatic heterocycles. The number of nitrogens with one attached hydrogen (secondary N) is 2. The summed E-state index contributed by atoms with van der Waals surface area (Å²) in [4.78, 5) is 25.6. The van der Waals surface area contributed by atoms with E-state index in [9.17, 15) is 9.59 Å². The molecule has 0 radical (unpaired) electrons. The topological polar surface area (TPSA) is 58.2 Å². The van der Waals surface area contributed by atoms with Crippen molar-refractivity contribution in [3.63, 3.8) is 0 Å². The highest BCUT2D eigenvalue weighted by molar-refractivity contribution is 5.98. The Hall–Kier alpha value is -2.62. The van der Waals surface area contributed by atoms with Crippen molar-refractivity contribution in [1.29, 1.82) is 0 Å². The van der Waals surface area contributed by atoms with Crippen LogP contribution in [0, 0.1) is 12.8 Å². The van der Waals surface area contributed by atoms with Gasteiger partial charge in [0.1, 0.15) is 6.04 Å². The molecule has 4 heteroatoms. The molecule has 0 saturated heterocycles. The summed E-state index contributed by atoms with van der Waals surface area (Å²) in [6.45, 7) is 6.43. The Morgan fingerprint density at radius 2 is 1.64 bits per heavy atom. The molecule has 0 unspecified atom stereocenters. The smallest absolute Gasteiger partial charge is 0.252 e. The van der Waals surface area contributed by atoms with Gasteiger partial charge in [0, 0.05) is 17.5 Å². The van der Waals surface area contributed by atoms with Crippen LogP contribution in [0.4, 0.5) is 0 Å². The van der Waals surface area contributed by atoms with Crippen molar-refractivity contribution >= 4 is 11.8 Å². The Morgan fingerprint density at radius 3 is 2.21 bits per heavy atom. The summed E-state index contributed by atoms with van der Waals surface area (Å²) in [7, 11) is 0. The van der Waals surface area contributed by atoms with Crippen LogP contribution in [0.15, 0.2) is 54.6 Å². The van der Waals surface area contributed by atoms with Crippen LogP contribution in [0.1, 0.15) is 54.6 Å². The number of rotatable bonds is 7. The molecule has 0 bridgehead atoms. The van der Waals surface area contributed by atoms with Crippen LogP contribution in [0.5, 0.6) is 0 Å². The fourth-order valence-corrected chi connectivity index (χ4v) is 3.91. The zero-order valence-corrected chi connectivity index (χ0v) is 17.0. The summed E-state index contributed by atoms with van der Waals surface area (Å²) in [5.41, 5.74) is 2.83. The minimum absolute atomic E-state index is 0.00188. The molecule has 1 fully saturated rings. The van der Waals surface area contributed by atoms with Gasteiger partial charge in [-0.15, -0.1) is 0 Å². The van der Waals surface area contributed by atoms with E-state index >= 15 is 0 Å². The van der Waals surface area contributed by atoms with Gasteiger partial charge in [-0.3, -0.25) is 9.59 Å². The van der Waals surface area contributed by atoms with Crippen LogP contribution in [0.3, 0.4) is 0 Å². The first-order valence-electron chi connectivity index (χ1n) is 10.1. The molecule has 2 aromatic rings. The Kier molecular flexibility index (Phi) is 6.18. The Labute approximate surface area is 167 Å². The number of hydrogen-bond donors (Lipinski definition) is 2. The molecule has 0 heterocycles. The summed E-state index contributed by atoms with van der Waals surface area (Å²) in [6, 6.07) is 17.3. The third kappa shape index (κ3) is 4.27. The zero-order chi connectivity index (χ0) is 20.1. The first kappa shape index (κ1) is 20.1. The molecule has 0 spiro atoms. The third-order valence-corrected chi connectivity index (χ3v) is 5.92. The number of hydrogen-bond acceptors (Lipinski definition) is 2. The quantitative estimate of drug-likeness (QED) is 0.765. The van der Waals surface area contributed by atoms with Crippen molar-refractivity contribution in [3.05, 3.63) is 71.3 Å². The number of benzene rings is 2. The molecular formula is C24H30N2O2. The highest BCUT2D eigenvalue weighted by Gasteiger charge is 2.39. The molecule has 3 rings (SSSR count). The van der Waals surface area contributed by atoms with Gasteiger partial charge >= 0.3 is 0 Å². The van der Waals surface area contributed by atoms with Crippen LogP contribution in [-0.4, -0.2) is 24.4 Å². The highest BCUT2D eigenvalue weighted by atomic mass is 16.2. The Morgan fingerprint density at radius 1 is 1.00 bits per heavy atom. The van der Waals surface area contributed by atoms with Crippen molar-refractivity contribution < 1.29 is 9.59 Å². The predicted octanol–water partition coefficient (Wildman–Crippen LogP) is 3.99. The van der Waals surface area contributed by atoms with E-state index in [1.54, 1.807) is 6.07 Å². The van der Waals surface area contributed by atoms with Gasteiger partial charge < -0.3 is 10.6 Å². The van der Waals surface area contributed by atoms with Crippen LogP contribution in [-0.2, 0) is 10.2 Å². The molecule has 148 valence electrons. The van der Waals surface area contributed by atoms with E-state index < -0.39 is 6.04 Å². The van der Waals surface area contributed by atoms with Gasteiger partial charge in [0.15, 0.2) is 0 Å². The molecule has 1 atom stereocenters. The molecule has 4 nitrogen and oxygen atoms in total. The Bertz CT molecular complexity index is 826. The second kappa shape index (κ2) is 8.59. The van der Waals surface area contributed by atoms with E-state index in [2.05, 4.69) is 34.9 Å². The van der Waals surface area contributed by atoms with E-state index in [-0.39, 0.29) is 23.1 Å². The van der Waals surface area contributed by atoms with E-state index in [0.717, 1.165) is 18.4 Å². The lowest BCUT2D eigenvalue weighted by Crippen LogP contribution is -2.53. The minimum Gasteiger partial charge on any atom is -0.353 e. The molecule has 0 aliphatic heterocycles.